The van der Waals surface area contributed by atoms with Crippen molar-refractivity contribution in [2.24, 2.45) is 0 Å². The number of nitrogens with one attached hydrogen (secondary N) is 8. The van der Waals surface area contributed by atoms with E-state index < -0.39 is 165 Å². The second kappa shape index (κ2) is 39.8. The second-order valence-electron chi connectivity index (χ2n) is 20.4. The molecule has 17 N–H and O–H groups in total. The van der Waals surface area contributed by atoms with Gasteiger partial charge in [0.2, 0.25) is 47.3 Å². The number of rotatable bonds is 40. The van der Waals surface area contributed by atoms with Crippen molar-refractivity contribution in [1.29, 1.82) is 0 Å². The first kappa shape index (κ1) is 74.3. The van der Waals surface area contributed by atoms with Crippen molar-refractivity contribution in [2.75, 3.05) is 106 Å². The fourth-order valence-corrected chi connectivity index (χ4v) is 8.84. The second-order valence-corrected chi connectivity index (χ2v) is 20.4. The molecule has 0 aromatic heterocycles. The number of hydrogen-bond acceptors (Lipinski definition) is 26. The summed E-state index contributed by atoms with van der Waals surface area (Å²) in [6.45, 7) is 0.196. The Morgan fingerprint density at radius 1 is 0.412 bits per heavy atom. The summed E-state index contributed by atoms with van der Waals surface area (Å²) in [6.07, 6.45) is -16.6. The van der Waals surface area contributed by atoms with Crippen LogP contribution in [-0.2, 0) is 81.0 Å². The molecular formula is C51H90N8O26. The van der Waals surface area contributed by atoms with E-state index in [9.17, 15) is 84.3 Å². The van der Waals surface area contributed by atoms with Crippen LogP contribution in [0.15, 0.2) is 0 Å². The van der Waals surface area contributed by atoms with Gasteiger partial charge in [-0.15, -0.1) is 0 Å². The molecule has 0 bridgehead atoms. The van der Waals surface area contributed by atoms with E-state index in [1.54, 1.807) is 0 Å². The van der Waals surface area contributed by atoms with E-state index in [1.807, 2.05) is 0 Å². The van der Waals surface area contributed by atoms with E-state index in [0.717, 1.165) is 0 Å². The molecule has 490 valence electrons. The van der Waals surface area contributed by atoms with Crippen LogP contribution < -0.4 is 42.5 Å². The Hall–Kier alpha value is -4.96. The Labute approximate surface area is 491 Å². The lowest BCUT2D eigenvalue weighted by atomic mass is 9.97. The molecule has 3 aliphatic rings. The summed E-state index contributed by atoms with van der Waals surface area (Å²) in [6, 6.07) is -3.46. The first-order valence-electron chi connectivity index (χ1n) is 28.1. The summed E-state index contributed by atoms with van der Waals surface area (Å²) in [5, 5.41) is 112. The SMILES string of the molecule is CNC(=O)CCC(=O)NC(COCCC(=O)NCCCO[C@@H]1OC(CO)[C@H](O)[C@H](O)C1NC(C)=O)(COCCC(=O)NCCCO[C@@H]1OC(CO)[C@H](O)[C@H](O)C1NC(C)=O)COCCC(=O)NCCCO[C@@H]1OC(CO)[C@H](O)[C@H](O)C1NC(C)=O. The van der Waals surface area contributed by atoms with Crippen LogP contribution in [0.4, 0.5) is 0 Å². The summed E-state index contributed by atoms with van der Waals surface area (Å²) < 4.78 is 51.5. The van der Waals surface area contributed by atoms with Gasteiger partial charge < -0.3 is 131 Å². The van der Waals surface area contributed by atoms with E-state index >= 15 is 0 Å². The van der Waals surface area contributed by atoms with Crippen molar-refractivity contribution in [3.63, 3.8) is 0 Å². The van der Waals surface area contributed by atoms with E-state index in [-0.39, 0.29) is 130 Å². The highest BCUT2D eigenvalue weighted by Gasteiger charge is 2.48. The zero-order valence-corrected chi connectivity index (χ0v) is 48.4. The van der Waals surface area contributed by atoms with Crippen molar-refractivity contribution in [2.45, 2.75) is 170 Å². The van der Waals surface area contributed by atoms with Crippen LogP contribution in [0.1, 0.15) is 72.1 Å². The molecule has 85 heavy (non-hydrogen) atoms. The van der Waals surface area contributed by atoms with E-state index in [4.69, 9.17) is 42.6 Å². The van der Waals surface area contributed by atoms with E-state index in [1.165, 1.54) is 27.8 Å². The predicted octanol–water partition coefficient (Wildman–Crippen LogP) is -9.01. The number of amides is 8. The number of carbonyl (C=O) groups excluding carboxylic acids is 8. The Bertz CT molecular complexity index is 1860. The molecule has 6 unspecified atom stereocenters. The number of ether oxygens (including phenoxy) is 9. The molecular weight excluding hydrogens is 1140 g/mol. The van der Waals surface area contributed by atoms with Gasteiger partial charge in [-0.2, -0.15) is 0 Å². The van der Waals surface area contributed by atoms with Gasteiger partial charge in [-0.25, -0.2) is 0 Å². The van der Waals surface area contributed by atoms with Crippen molar-refractivity contribution in [1.82, 2.24) is 42.5 Å². The zero-order chi connectivity index (χ0) is 63.1. The molecule has 0 radical (unpaired) electrons. The standard InChI is InChI=1S/C51H90N8O26/c1-28(63)56-39-45(74)42(71)31(22-60)83-48(39)80-16-5-13-53-35(67)10-19-77-25-51(59-38(70)9-8-34(66)52-4,26-78-20-11-36(68)54-14-6-17-81-49-40(57-29(2)64)46(75)43(72)32(23-61)84-49)27-79-21-12-37(69)55-15-7-18-82-50-41(58-30(3)65)47(76)44(73)33(24-62)85-50/h31-33,39-50,60-62,71-76H,5-27H2,1-4H3,(H,52,66)(H,53,67)(H,54,68)(H,55,69)(H,56,63)(H,57,64)(H,58,65)(H,59,70)/t31?,32?,33?,39?,40?,41?,42-,43-,44-,45+,46+,47+,48+,49+,50+,51?/m0/s1. The number of carbonyl (C=O) groups is 8. The van der Waals surface area contributed by atoms with Crippen molar-refractivity contribution in [3.05, 3.63) is 0 Å². The molecule has 3 fully saturated rings. The lowest BCUT2D eigenvalue weighted by Crippen LogP contribution is -2.64. The maximum atomic E-state index is 13.4. The minimum Gasteiger partial charge on any atom is -0.394 e. The minimum absolute atomic E-state index is 0.0374. The summed E-state index contributed by atoms with van der Waals surface area (Å²) in [4.78, 5) is 99.5. The Morgan fingerprint density at radius 2 is 0.706 bits per heavy atom. The zero-order valence-electron chi connectivity index (χ0n) is 48.4. The van der Waals surface area contributed by atoms with Crippen LogP contribution in [-0.4, -0.2) is 297 Å². The average Bonchev–Trinajstić information content (AvgIpc) is 2.71. The molecule has 34 nitrogen and oxygen atoms in total. The third-order valence-electron chi connectivity index (χ3n) is 13.3. The van der Waals surface area contributed by atoms with Crippen LogP contribution in [0.2, 0.25) is 0 Å². The molecule has 3 heterocycles. The van der Waals surface area contributed by atoms with Gasteiger partial charge in [-0.3, -0.25) is 38.4 Å². The van der Waals surface area contributed by atoms with Crippen molar-refractivity contribution >= 4 is 47.3 Å². The first-order chi connectivity index (χ1) is 40.5. The van der Waals surface area contributed by atoms with Gasteiger partial charge in [-0.1, -0.05) is 0 Å². The molecule has 15 atom stereocenters. The third-order valence-corrected chi connectivity index (χ3v) is 13.3. The monoisotopic (exact) mass is 1230 g/mol. The minimum atomic E-state index is -1.55. The molecule has 0 aromatic rings. The van der Waals surface area contributed by atoms with Crippen molar-refractivity contribution < 1.29 is 127 Å². The highest BCUT2D eigenvalue weighted by atomic mass is 16.7. The molecule has 0 aromatic carbocycles. The summed E-state index contributed by atoms with van der Waals surface area (Å²) in [5.41, 5.74) is -1.55. The summed E-state index contributed by atoms with van der Waals surface area (Å²) in [5.74, 6) is -4.02. The van der Waals surface area contributed by atoms with Gasteiger partial charge >= 0.3 is 0 Å². The van der Waals surface area contributed by atoms with Crippen LogP contribution in [0, 0.1) is 0 Å². The van der Waals surface area contributed by atoms with Crippen LogP contribution in [0.5, 0.6) is 0 Å². The first-order valence-corrected chi connectivity index (χ1v) is 28.1. The van der Waals surface area contributed by atoms with Gasteiger partial charge in [0.15, 0.2) is 18.9 Å². The number of hydrogen-bond donors (Lipinski definition) is 17. The highest BCUT2D eigenvalue weighted by molar-refractivity contribution is 5.84. The molecule has 3 rings (SSSR count). The lowest BCUT2D eigenvalue weighted by molar-refractivity contribution is -0.270. The highest BCUT2D eigenvalue weighted by Crippen LogP contribution is 2.25. The predicted molar refractivity (Wildman–Crippen MR) is 287 cm³/mol. The molecule has 8 amide bonds. The average molecular weight is 1230 g/mol. The van der Waals surface area contributed by atoms with Crippen LogP contribution in [0.25, 0.3) is 0 Å². The summed E-state index contributed by atoms with van der Waals surface area (Å²) >= 11 is 0. The molecule has 34 heteroatoms. The number of aliphatic hydroxyl groups is 9. The maximum Gasteiger partial charge on any atom is 0.222 e. The molecule has 0 spiro atoms. The molecule has 3 saturated heterocycles. The van der Waals surface area contributed by atoms with E-state index in [0.29, 0.717) is 0 Å². The van der Waals surface area contributed by atoms with Gasteiger partial charge in [0.1, 0.15) is 78.6 Å². The fourth-order valence-electron chi connectivity index (χ4n) is 8.84. The lowest BCUT2D eigenvalue weighted by Gasteiger charge is -2.42. The smallest absolute Gasteiger partial charge is 0.222 e. The maximum absolute atomic E-state index is 13.4. The number of aliphatic hydroxyl groups excluding tert-OH is 9. The Kier molecular flexibility index (Phi) is 34.7. The quantitative estimate of drug-likeness (QED) is 0.0253. The fraction of sp³-hybridized carbons (Fsp3) is 0.843. The Morgan fingerprint density at radius 3 is 0.976 bits per heavy atom. The van der Waals surface area contributed by atoms with Gasteiger partial charge in [0.25, 0.3) is 0 Å². The van der Waals surface area contributed by atoms with Gasteiger partial charge in [0, 0.05) is 79.6 Å². The normalized spacial score (nSPS) is 28.2. The molecule has 0 saturated carbocycles. The largest absolute Gasteiger partial charge is 0.394 e. The summed E-state index contributed by atoms with van der Waals surface area (Å²) in [7, 11) is 1.40. The van der Waals surface area contributed by atoms with Crippen LogP contribution in [0.3, 0.4) is 0 Å². The topological polar surface area (TPSA) is 498 Å². The van der Waals surface area contributed by atoms with Gasteiger partial charge in [0.05, 0.1) is 79.3 Å². The van der Waals surface area contributed by atoms with Crippen molar-refractivity contribution in [3.8, 4) is 0 Å². The van der Waals surface area contributed by atoms with Crippen LogP contribution >= 0.6 is 0 Å². The third kappa shape index (κ3) is 26.5. The van der Waals surface area contributed by atoms with E-state index in [2.05, 4.69) is 42.5 Å². The van der Waals surface area contributed by atoms with Gasteiger partial charge in [-0.05, 0) is 19.3 Å². The Balaban J connectivity index is 1.61. The molecule has 0 aliphatic carbocycles. The molecule has 3 aliphatic heterocycles.